The van der Waals surface area contributed by atoms with Gasteiger partial charge in [0.2, 0.25) is 5.91 Å². The number of nitrogens with zero attached hydrogens (tertiary/aromatic N) is 3. The highest BCUT2D eigenvalue weighted by Crippen LogP contribution is 2.48. The number of para-hydroxylation sites is 1. The Bertz CT molecular complexity index is 1340. The predicted molar refractivity (Wildman–Crippen MR) is 140 cm³/mol. The number of benzene rings is 3. The predicted octanol–water partition coefficient (Wildman–Crippen LogP) is 4.29. The summed E-state index contributed by atoms with van der Waals surface area (Å²) in [5.74, 6) is -1.95. The zero-order chi connectivity index (χ0) is 26.3. The molecule has 0 aliphatic carbocycles. The lowest BCUT2D eigenvalue weighted by Gasteiger charge is -2.30. The molecule has 3 atom stereocenters. The summed E-state index contributed by atoms with van der Waals surface area (Å²) in [6, 6.07) is 21.5. The number of hydrogen-bond donors (Lipinski definition) is 0. The van der Waals surface area contributed by atoms with Gasteiger partial charge in [0.1, 0.15) is 5.92 Å². The van der Waals surface area contributed by atoms with E-state index in [2.05, 4.69) is 0 Å². The molecular weight excluding hydrogens is 470 g/mol. The molecular formula is C29H29N3O5. The minimum absolute atomic E-state index is 0.263. The average molecular weight is 500 g/mol. The van der Waals surface area contributed by atoms with Crippen LogP contribution in [0.15, 0.2) is 72.8 Å². The Morgan fingerprint density at radius 3 is 2.24 bits per heavy atom. The number of amides is 2. The number of fused-ring (bicyclic) bond motifs is 1. The van der Waals surface area contributed by atoms with Crippen LogP contribution in [0, 0.1) is 12.8 Å². The van der Waals surface area contributed by atoms with Gasteiger partial charge >= 0.3 is 5.97 Å². The van der Waals surface area contributed by atoms with Crippen LogP contribution >= 0.6 is 0 Å². The third kappa shape index (κ3) is 4.23. The lowest BCUT2D eigenvalue weighted by atomic mass is 9.90. The van der Waals surface area contributed by atoms with E-state index in [4.69, 9.17) is 9.57 Å². The first-order valence-electron chi connectivity index (χ1n) is 12.3. The number of imide groups is 1. The number of rotatable bonds is 6. The third-order valence-corrected chi connectivity index (χ3v) is 6.86. The summed E-state index contributed by atoms with van der Waals surface area (Å²) in [6.07, 6.45) is -0.963. The van der Waals surface area contributed by atoms with Gasteiger partial charge in [-0.1, -0.05) is 30.3 Å². The fourth-order valence-electron chi connectivity index (χ4n) is 4.96. The summed E-state index contributed by atoms with van der Waals surface area (Å²) in [4.78, 5) is 48.9. The standard InChI is InChI=1S/C29H29N3O5/c1-5-36-29(35)20-12-16-22(17-13-20)31-27(33)24-25(19-10-14-21(15-11-19)30(3)4)32(37-26(24)28(31)34)23-9-7-6-8-18(23)2/h6-17,24-26H,5H2,1-4H3. The molecule has 2 fully saturated rings. The fraction of sp³-hybridized carbons (Fsp3) is 0.276. The maximum Gasteiger partial charge on any atom is 0.338 e. The lowest BCUT2D eigenvalue weighted by molar-refractivity contribution is -0.126. The number of aryl methyl sites for hydroxylation is 1. The number of hydroxylamine groups is 1. The minimum Gasteiger partial charge on any atom is -0.462 e. The van der Waals surface area contributed by atoms with Crippen molar-refractivity contribution in [3.05, 3.63) is 89.5 Å². The molecule has 0 aromatic heterocycles. The van der Waals surface area contributed by atoms with Gasteiger partial charge in [0.25, 0.3) is 5.91 Å². The van der Waals surface area contributed by atoms with E-state index >= 15 is 0 Å². The molecule has 0 spiro atoms. The van der Waals surface area contributed by atoms with Crippen LogP contribution in [0.4, 0.5) is 17.1 Å². The van der Waals surface area contributed by atoms with E-state index < -0.39 is 29.9 Å². The van der Waals surface area contributed by atoms with Gasteiger partial charge in [-0.05, 0) is 67.4 Å². The van der Waals surface area contributed by atoms with Crippen molar-refractivity contribution in [2.24, 2.45) is 5.92 Å². The maximum absolute atomic E-state index is 13.8. The summed E-state index contributed by atoms with van der Waals surface area (Å²) in [5, 5.41) is 1.71. The van der Waals surface area contributed by atoms with Gasteiger partial charge in [0.15, 0.2) is 6.10 Å². The quantitative estimate of drug-likeness (QED) is 0.370. The van der Waals surface area contributed by atoms with Crippen LogP contribution in [-0.4, -0.2) is 44.6 Å². The monoisotopic (exact) mass is 499 g/mol. The molecule has 3 unspecified atom stereocenters. The lowest BCUT2D eigenvalue weighted by Crippen LogP contribution is -2.37. The second-order valence-electron chi connectivity index (χ2n) is 9.37. The highest BCUT2D eigenvalue weighted by molar-refractivity contribution is 6.24. The summed E-state index contributed by atoms with van der Waals surface area (Å²) in [5.41, 5.74) is 4.44. The summed E-state index contributed by atoms with van der Waals surface area (Å²) >= 11 is 0. The van der Waals surface area contributed by atoms with Crippen molar-refractivity contribution in [3.8, 4) is 0 Å². The molecule has 3 aromatic carbocycles. The number of anilines is 3. The van der Waals surface area contributed by atoms with Gasteiger partial charge < -0.3 is 9.64 Å². The van der Waals surface area contributed by atoms with E-state index in [0.29, 0.717) is 11.3 Å². The molecule has 2 aliphatic rings. The van der Waals surface area contributed by atoms with E-state index in [1.165, 1.54) is 4.90 Å². The van der Waals surface area contributed by atoms with E-state index in [1.54, 1.807) is 36.3 Å². The number of carbonyl (C=O) groups is 3. The van der Waals surface area contributed by atoms with E-state index in [1.807, 2.05) is 74.4 Å². The van der Waals surface area contributed by atoms with Crippen molar-refractivity contribution in [2.75, 3.05) is 35.6 Å². The number of ether oxygens (including phenoxy) is 1. The van der Waals surface area contributed by atoms with Crippen LogP contribution in [0.5, 0.6) is 0 Å². The van der Waals surface area contributed by atoms with Crippen molar-refractivity contribution in [2.45, 2.75) is 26.0 Å². The van der Waals surface area contributed by atoms with Crippen molar-refractivity contribution < 1.29 is 24.0 Å². The Morgan fingerprint density at radius 1 is 0.946 bits per heavy atom. The third-order valence-electron chi connectivity index (χ3n) is 6.86. The molecule has 0 bridgehead atoms. The molecule has 0 saturated carbocycles. The molecule has 3 aromatic rings. The Labute approximate surface area is 215 Å². The Morgan fingerprint density at radius 2 is 1.62 bits per heavy atom. The van der Waals surface area contributed by atoms with Gasteiger partial charge in [0, 0.05) is 19.8 Å². The van der Waals surface area contributed by atoms with Crippen LogP contribution in [0.1, 0.15) is 34.5 Å². The molecule has 0 N–H and O–H groups in total. The highest BCUT2D eigenvalue weighted by Gasteiger charge is 2.60. The van der Waals surface area contributed by atoms with Gasteiger partial charge in [-0.3, -0.25) is 14.4 Å². The van der Waals surface area contributed by atoms with Crippen molar-refractivity contribution in [1.82, 2.24) is 0 Å². The smallest absolute Gasteiger partial charge is 0.338 e. The van der Waals surface area contributed by atoms with E-state index in [0.717, 1.165) is 22.5 Å². The first kappa shape index (κ1) is 24.5. The van der Waals surface area contributed by atoms with Crippen LogP contribution in [0.25, 0.3) is 0 Å². The molecule has 2 saturated heterocycles. The van der Waals surface area contributed by atoms with E-state index in [-0.39, 0.29) is 12.5 Å². The summed E-state index contributed by atoms with van der Waals surface area (Å²) < 4.78 is 5.03. The largest absolute Gasteiger partial charge is 0.462 e. The zero-order valence-corrected chi connectivity index (χ0v) is 21.3. The van der Waals surface area contributed by atoms with Gasteiger partial charge in [-0.25, -0.2) is 14.8 Å². The van der Waals surface area contributed by atoms with Gasteiger partial charge in [-0.15, -0.1) is 0 Å². The van der Waals surface area contributed by atoms with Crippen LogP contribution < -0.4 is 14.9 Å². The van der Waals surface area contributed by atoms with E-state index in [9.17, 15) is 14.4 Å². The van der Waals surface area contributed by atoms with Crippen molar-refractivity contribution in [1.29, 1.82) is 0 Å². The van der Waals surface area contributed by atoms with Gasteiger partial charge in [-0.2, -0.15) is 0 Å². The normalized spacial score (nSPS) is 20.8. The number of esters is 1. The summed E-state index contributed by atoms with van der Waals surface area (Å²) in [7, 11) is 3.93. The first-order chi connectivity index (χ1) is 17.8. The number of carbonyl (C=O) groups excluding carboxylic acids is 3. The van der Waals surface area contributed by atoms with Crippen LogP contribution in [0.3, 0.4) is 0 Å². The molecule has 2 aliphatic heterocycles. The maximum atomic E-state index is 13.8. The second kappa shape index (κ2) is 9.71. The minimum atomic E-state index is -0.963. The van der Waals surface area contributed by atoms with Crippen molar-refractivity contribution in [3.63, 3.8) is 0 Å². The summed E-state index contributed by atoms with van der Waals surface area (Å²) in [6.45, 7) is 3.97. The topological polar surface area (TPSA) is 79.4 Å². The molecule has 2 heterocycles. The molecule has 0 radical (unpaired) electrons. The molecule has 8 nitrogen and oxygen atoms in total. The fourth-order valence-corrected chi connectivity index (χ4v) is 4.96. The number of hydrogen-bond acceptors (Lipinski definition) is 7. The molecule has 2 amide bonds. The first-order valence-corrected chi connectivity index (χ1v) is 12.3. The highest BCUT2D eigenvalue weighted by atomic mass is 16.7. The Kier molecular flexibility index (Phi) is 6.43. The Balaban J connectivity index is 1.52. The molecule has 8 heteroatoms. The molecule has 5 rings (SSSR count). The zero-order valence-electron chi connectivity index (χ0n) is 21.3. The van der Waals surface area contributed by atoms with Crippen LogP contribution in [0.2, 0.25) is 0 Å². The van der Waals surface area contributed by atoms with Crippen molar-refractivity contribution >= 4 is 34.8 Å². The molecule has 190 valence electrons. The van der Waals surface area contributed by atoms with Crippen LogP contribution in [-0.2, 0) is 19.2 Å². The second-order valence-corrected chi connectivity index (χ2v) is 9.37. The average Bonchev–Trinajstić information content (AvgIpc) is 3.40. The van der Waals surface area contributed by atoms with Gasteiger partial charge in [0.05, 0.1) is 29.6 Å². The SMILES string of the molecule is CCOC(=O)c1ccc(N2C(=O)C3ON(c4ccccc4C)C(c4ccc(N(C)C)cc4)C3C2=O)cc1. The molecule has 37 heavy (non-hydrogen) atoms. The Hall–Kier alpha value is -4.17.